The molecule has 2 rings (SSSR count). The van der Waals surface area contributed by atoms with Crippen LogP contribution in [0, 0.1) is 20.8 Å². The molecule has 0 aliphatic heterocycles. The number of hydrogen-bond acceptors (Lipinski definition) is 4. The Morgan fingerprint density at radius 1 is 0.962 bits per heavy atom. The highest BCUT2D eigenvalue weighted by atomic mass is 16.5. The van der Waals surface area contributed by atoms with Gasteiger partial charge in [0.2, 0.25) is 11.7 Å². The number of carbonyl (C=O) groups is 3. The molecule has 0 bridgehead atoms. The van der Waals surface area contributed by atoms with Gasteiger partial charge in [-0.15, -0.1) is 0 Å². The average molecular weight is 353 g/mol. The van der Waals surface area contributed by atoms with E-state index >= 15 is 0 Å². The molecule has 0 saturated carbocycles. The highest BCUT2D eigenvalue weighted by Crippen LogP contribution is 2.19. The number of anilines is 1. The number of amides is 1. The summed E-state index contributed by atoms with van der Waals surface area (Å²) in [5.41, 5.74) is 4.30. The maximum atomic E-state index is 12.7. The molecule has 0 fully saturated rings. The summed E-state index contributed by atoms with van der Waals surface area (Å²) in [6, 6.07) is 10.2. The Balaban J connectivity index is 2.15. The van der Waals surface area contributed by atoms with Crippen LogP contribution in [0.5, 0.6) is 0 Å². The third-order valence-corrected chi connectivity index (χ3v) is 4.18. The van der Waals surface area contributed by atoms with E-state index in [1.165, 1.54) is 13.0 Å². The first-order valence-electron chi connectivity index (χ1n) is 8.39. The van der Waals surface area contributed by atoms with Gasteiger partial charge in [-0.05, 0) is 68.7 Å². The lowest BCUT2D eigenvalue weighted by atomic mass is 9.96. The molecular formula is C21H23NO4. The third-order valence-electron chi connectivity index (χ3n) is 4.18. The quantitative estimate of drug-likeness (QED) is 0.651. The predicted octanol–water partition coefficient (Wildman–Crippen LogP) is 4.00. The maximum Gasteiger partial charge on any atom is 0.338 e. The van der Waals surface area contributed by atoms with E-state index in [1.807, 2.05) is 32.9 Å². The monoisotopic (exact) mass is 353 g/mol. The fraction of sp³-hybridized carbons (Fsp3) is 0.286. The van der Waals surface area contributed by atoms with Crippen molar-refractivity contribution in [3.8, 4) is 0 Å². The van der Waals surface area contributed by atoms with Gasteiger partial charge >= 0.3 is 5.97 Å². The Morgan fingerprint density at radius 3 is 2.27 bits per heavy atom. The van der Waals surface area contributed by atoms with Crippen molar-refractivity contribution < 1.29 is 19.1 Å². The minimum absolute atomic E-state index is 0.232. The zero-order valence-electron chi connectivity index (χ0n) is 15.7. The summed E-state index contributed by atoms with van der Waals surface area (Å²) in [5.74, 6) is -1.08. The molecule has 1 atom stereocenters. The summed E-state index contributed by atoms with van der Waals surface area (Å²) >= 11 is 0. The van der Waals surface area contributed by atoms with Crippen LogP contribution in [-0.2, 0) is 9.53 Å². The summed E-state index contributed by atoms with van der Waals surface area (Å²) in [6.45, 7) is 8.74. The van der Waals surface area contributed by atoms with Crippen LogP contribution in [0.15, 0.2) is 36.4 Å². The first-order chi connectivity index (χ1) is 12.2. The molecule has 0 radical (unpaired) electrons. The number of ketones is 1. The van der Waals surface area contributed by atoms with E-state index in [2.05, 4.69) is 5.32 Å². The van der Waals surface area contributed by atoms with Gasteiger partial charge in [0.05, 0.1) is 5.56 Å². The molecule has 5 heteroatoms. The SMILES string of the molecule is CC(=O)Nc1cccc(C(=O)O[C@@H](C)C(=O)c2cc(C)c(C)cc2C)c1. The van der Waals surface area contributed by atoms with E-state index < -0.39 is 12.1 Å². The van der Waals surface area contributed by atoms with Crippen LogP contribution < -0.4 is 5.32 Å². The zero-order valence-corrected chi connectivity index (χ0v) is 15.7. The second kappa shape index (κ2) is 7.95. The van der Waals surface area contributed by atoms with Crippen molar-refractivity contribution >= 4 is 23.3 Å². The molecule has 26 heavy (non-hydrogen) atoms. The fourth-order valence-electron chi connectivity index (χ4n) is 2.65. The molecule has 1 amide bonds. The summed E-state index contributed by atoms with van der Waals surface area (Å²) in [5, 5.41) is 2.61. The van der Waals surface area contributed by atoms with Gasteiger partial charge in [-0.2, -0.15) is 0 Å². The number of Topliss-reactive ketones (excluding diaryl/α,β-unsaturated/α-hetero) is 1. The molecule has 0 heterocycles. The number of benzene rings is 2. The predicted molar refractivity (Wildman–Crippen MR) is 101 cm³/mol. The smallest absolute Gasteiger partial charge is 0.338 e. The van der Waals surface area contributed by atoms with Crippen LogP contribution in [0.3, 0.4) is 0 Å². The molecule has 2 aromatic carbocycles. The van der Waals surface area contributed by atoms with Crippen molar-refractivity contribution in [2.75, 3.05) is 5.32 Å². The molecule has 2 aromatic rings. The van der Waals surface area contributed by atoms with Gasteiger partial charge in [-0.25, -0.2) is 4.79 Å². The average Bonchev–Trinajstić information content (AvgIpc) is 2.57. The second-order valence-electron chi connectivity index (χ2n) is 6.43. The molecule has 0 saturated heterocycles. The largest absolute Gasteiger partial charge is 0.451 e. The first-order valence-corrected chi connectivity index (χ1v) is 8.39. The number of nitrogens with one attached hydrogen (secondary N) is 1. The topological polar surface area (TPSA) is 72.5 Å². The summed E-state index contributed by atoms with van der Waals surface area (Å²) in [7, 11) is 0. The van der Waals surface area contributed by atoms with Crippen LogP contribution >= 0.6 is 0 Å². The highest BCUT2D eigenvalue weighted by Gasteiger charge is 2.22. The van der Waals surface area contributed by atoms with Crippen molar-refractivity contribution in [1.82, 2.24) is 0 Å². The minimum atomic E-state index is -0.910. The molecule has 136 valence electrons. The number of ether oxygens (including phenoxy) is 1. The summed E-state index contributed by atoms with van der Waals surface area (Å²) in [6.07, 6.45) is -0.910. The normalized spacial score (nSPS) is 11.6. The van der Waals surface area contributed by atoms with Gasteiger partial charge in [0.15, 0.2) is 6.10 Å². The van der Waals surface area contributed by atoms with Crippen molar-refractivity contribution in [3.63, 3.8) is 0 Å². The molecule has 0 aliphatic rings. The highest BCUT2D eigenvalue weighted by molar-refractivity contribution is 6.03. The summed E-state index contributed by atoms with van der Waals surface area (Å²) in [4.78, 5) is 36.2. The molecule has 0 aromatic heterocycles. The number of esters is 1. The summed E-state index contributed by atoms with van der Waals surface area (Å²) < 4.78 is 5.34. The zero-order chi connectivity index (χ0) is 19.4. The van der Waals surface area contributed by atoms with Crippen molar-refractivity contribution in [3.05, 3.63) is 64.2 Å². The first kappa shape index (κ1) is 19.4. The van der Waals surface area contributed by atoms with Crippen molar-refractivity contribution in [1.29, 1.82) is 0 Å². The molecule has 0 aliphatic carbocycles. The second-order valence-corrected chi connectivity index (χ2v) is 6.43. The fourth-order valence-corrected chi connectivity index (χ4v) is 2.65. The van der Waals surface area contributed by atoms with Gasteiger partial charge in [0, 0.05) is 18.2 Å². The van der Waals surface area contributed by atoms with Gasteiger partial charge < -0.3 is 10.1 Å². The van der Waals surface area contributed by atoms with Gasteiger partial charge in [0.1, 0.15) is 0 Å². The molecular weight excluding hydrogens is 330 g/mol. The van der Waals surface area contributed by atoms with E-state index in [0.29, 0.717) is 11.3 Å². The van der Waals surface area contributed by atoms with Crippen molar-refractivity contribution in [2.45, 2.75) is 40.7 Å². The van der Waals surface area contributed by atoms with Crippen LogP contribution in [0.2, 0.25) is 0 Å². The Bertz CT molecular complexity index is 870. The number of aryl methyl sites for hydroxylation is 3. The van der Waals surface area contributed by atoms with Gasteiger partial charge in [0.25, 0.3) is 0 Å². The Morgan fingerprint density at radius 2 is 1.62 bits per heavy atom. The number of rotatable bonds is 5. The molecule has 1 N–H and O–H groups in total. The Kier molecular flexibility index (Phi) is 5.93. The Labute approximate surface area is 153 Å². The number of hydrogen-bond donors (Lipinski definition) is 1. The van der Waals surface area contributed by atoms with Gasteiger partial charge in [-0.1, -0.05) is 12.1 Å². The van der Waals surface area contributed by atoms with Crippen LogP contribution in [0.4, 0.5) is 5.69 Å². The maximum absolute atomic E-state index is 12.7. The third kappa shape index (κ3) is 4.57. The number of carbonyl (C=O) groups excluding carboxylic acids is 3. The van der Waals surface area contributed by atoms with Crippen LogP contribution in [-0.4, -0.2) is 23.8 Å². The molecule has 0 spiro atoms. The van der Waals surface area contributed by atoms with E-state index in [1.54, 1.807) is 25.1 Å². The minimum Gasteiger partial charge on any atom is -0.451 e. The standard InChI is InChI=1S/C21H23NO4/c1-12-9-14(3)19(10-13(12)2)20(24)15(4)26-21(25)17-7-6-8-18(11-17)22-16(5)23/h6-11,15H,1-5H3,(H,22,23)/t15-/m0/s1. The van der Waals surface area contributed by atoms with E-state index in [4.69, 9.17) is 4.74 Å². The van der Waals surface area contributed by atoms with Gasteiger partial charge in [-0.3, -0.25) is 9.59 Å². The van der Waals surface area contributed by atoms with E-state index in [-0.39, 0.29) is 17.3 Å². The van der Waals surface area contributed by atoms with E-state index in [9.17, 15) is 14.4 Å². The van der Waals surface area contributed by atoms with E-state index in [0.717, 1.165) is 16.7 Å². The van der Waals surface area contributed by atoms with Crippen molar-refractivity contribution in [2.24, 2.45) is 0 Å². The van der Waals surface area contributed by atoms with Crippen LogP contribution in [0.1, 0.15) is 51.3 Å². The molecule has 5 nitrogen and oxygen atoms in total. The van der Waals surface area contributed by atoms with Crippen LogP contribution in [0.25, 0.3) is 0 Å². The molecule has 0 unspecified atom stereocenters. The lowest BCUT2D eigenvalue weighted by molar-refractivity contribution is -0.114. The Hall–Kier alpha value is -2.95. The lowest BCUT2D eigenvalue weighted by Gasteiger charge is -2.15. The lowest BCUT2D eigenvalue weighted by Crippen LogP contribution is -2.25.